The van der Waals surface area contributed by atoms with E-state index >= 15 is 0 Å². The van der Waals surface area contributed by atoms with E-state index in [1.807, 2.05) is 112 Å². The van der Waals surface area contributed by atoms with Crippen LogP contribution in [0.2, 0.25) is 0 Å². The van der Waals surface area contributed by atoms with E-state index in [2.05, 4.69) is 5.32 Å². The summed E-state index contributed by atoms with van der Waals surface area (Å²) >= 11 is 0. The molecule has 35 heavy (non-hydrogen) atoms. The molecule has 3 aromatic rings. The van der Waals surface area contributed by atoms with Gasteiger partial charge >= 0.3 is 11.9 Å². The molecule has 0 amide bonds. The van der Waals surface area contributed by atoms with Gasteiger partial charge in [-0.3, -0.25) is 14.9 Å². The summed E-state index contributed by atoms with van der Waals surface area (Å²) in [6, 6.07) is 29.2. The van der Waals surface area contributed by atoms with E-state index in [-0.39, 0.29) is 6.42 Å². The first-order valence-corrected chi connectivity index (χ1v) is 11.8. The van der Waals surface area contributed by atoms with Crippen LogP contribution < -0.4 is 5.32 Å². The highest BCUT2D eigenvalue weighted by Gasteiger charge is 2.57. The van der Waals surface area contributed by atoms with Crippen LogP contribution in [0.4, 0.5) is 0 Å². The van der Waals surface area contributed by atoms with Crippen molar-refractivity contribution in [2.24, 2.45) is 10.8 Å². The molecule has 0 fully saturated rings. The molecule has 0 aliphatic rings. The predicted molar refractivity (Wildman–Crippen MR) is 138 cm³/mol. The van der Waals surface area contributed by atoms with E-state index < -0.39 is 33.8 Å². The number of hydrogen-bond acceptors (Lipinski definition) is 3. The Balaban J connectivity index is 2.44. The molecule has 0 saturated carbocycles. The number of rotatable bonds is 9. The van der Waals surface area contributed by atoms with Crippen molar-refractivity contribution >= 4 is 11.9 Å². The van der Waals surface area contributed by atoms with E-state index in [0.717, 1.165) is 16.7 Å². The van der Waals surface area contributed by atoms with Gasteiger partial charge in [0.1, 0.15) is 5.54 Å². The maximum atomic E-state index is 13.3. The quantitative estimate of drug-likeness (QED) is 0.335. The standard InChI is InChI=1S/C30H35NO4/c1-27(2,3)29(26(34)35,21-28(4,5)25(32)33)31-30(22-15-9-6-10-16-22,23-17-11-7-12-18-23)24-19-13-8-14-20-24/h6-20,31H,21H2,1-5H3,(H,32,33)(H,34,35)/t29-/m1/s1. The van der Waals surface area contributed by atoms with Crippen LogP contribution in [-0.4, -0.2) is 27.7 Å². The lowest BCUT2D eigenvalue weighted by molar-refractivity contribution is -0.158. The van der Waals surface area contributed by atoms with Crippen LogP contribution in [0.25, 0.3) is 0 Å². The smallest absolute Gasteiger partial charge is 0.324 e. The van der Waals surface area contributed by atoms with Gasteiger partial charge in [-0.25, -0.2) is 0 Å². The Morgan fingerprint density at radius 2 is 0.971 bits per heavy atom. The molecule has 0 aliphatic carbocycles. The minimum absolute atomic E-state index is 0.123. The summed E-state index contributed by atoms with van der Waals surface area (Å²) in [6.45, 7) is 8.69. The SMILES string of the molecule is CC(C)(C[C@@](NC(c1ccccc1)(c1ccccc1)c1ccccc1)(C(=O)O)C(C)(C)C)C(=O)O. The Hall–Kier alpha value is -3.44. The Bertz CT molecular complexity index is 1050. The molecule has 0 unspecified atom stereocenters. The second kappa shape index (κ2) is 9.67. The largest absolute Gasteiger partial charge is 0.481 e. The zero-order chi connectivity index (χ0) is 25.9. The molecular formula is C30H35NO4. The van der Waals surface area contributed by atoms with Gasteiger partial charge in [0.25, 0.3) is 0 Å². The third-order valence-corrected chi connectivity index (χ3v) is 6.95. The van der Waals surface area contributed by atoms with Crippen molar-refractivity contribution in [3.8, 4) is 0 Å². The van der Waals surface area contributed by atoms with E-state index in [4.69, 9.17) is 0 Å². The lowest BCUT2D eigenvalue weighted by Gasteiger charge is -2.51. The average molecular weight is 474 g/mol. The van der Waals surface area contributed by atoms with Crippen molar-refractivity contribution < 1.29 is 19.8 Å². The highest BCUT2D eigenvalue weighted by atomic mass is 16.4. The molecule has 3 aromatic carbocycles. The summed E-state index contributed by atoms with van der Waals surface area (Å²) < 4.78 is 0. The van der Waals surface area contributed by atoms with Gasteiger partial charge in [0.05, 0.1) is 11.0 Å². The number of benzene rings is 3. The Labute approximate surface area is 207 Å². The molecule has 0 heterocycles. The number of carboxylic acids is 2. The lowest BCUT2D eigenvalue weighted by atomic mass is 9.63. The van der Waals surface area contributed by atoms with Crippen molar-refractivity contribution in [2.45, 2.75) is 52.1 Å². The minimum Gasteiger partial charge on any atom is -0.481 e. The summed E-state index contributed by atoms with van der Waals surface area (Å²) in [7, 11) is 0. The van der Waals surface area contributed by atoms with Crippen LogP contribution in [0.5, 0.6) is 0 Å². The molecular weight excluding hydrogens is 438 g/mol. The Morgan fingerprint density at radius 3 is 1.23 bits per heavy atom. The highest BCUT2D eigenvalue weighted by Crippen LogP contribution is 2.46. The fourth-order valence-electron chi connectivity index (χ4n) is 4.79. The zero-order valence-electron chi connectivity index (χ0n) is 21.1. The molecule has 0 aliphatic heterocycles. The van der Waals surface area contributed by atoms with Gasteiger partial charge in [0.2, 0.25) is 0 Å². The molecule has 3 N–H and O–H groups in total. The molecule has 3 rings (SSSR count). The van der Waals surface area contributed by atoms with E-state index in [1.54, 1.807) is 13.8 Å². The fourth-order valence-corrected chi connectivity index (χ4v) is 4.79. The summed E-state index contributed by atoms with van der Waals surface area (Å²) in [6.07, 6.45) is -0.123. The maximum absolute atomic E-state index is 13.3. The summed E-state index contributed by atoms with van der Waals surface area (Å²) in [4.78, 5) is 25.5. The summed E-state index contributed by atoms with van der Waals surface area (Å²) in [5.41, 5.74) is -2.24. The molecule has 0 spiro atoms. The number of aliphatic carboxylic acids is 2. The third kappa shape index (κ3) is 4.87. The van der Waals surface area contributed by atoms with Gasteiger partial charge in [-0.15, -0.1) is 0 Å². The van der Waals surface area contributed by atoms with Crippen LogP contribution in [0.1, 0.15) is 57.7 Å². The highest BCUT2D eigenvalue weighted by molar-refractivity contribution is 5.83. The minimum atomic E-state index is -1.61. The van der Waals surface area contributed by atoms with Gasteiger partial charge < -0.3 is 10.2 Å². The second-order valence-electron chi connectivity index (χ2n) is 10.8. The number of carboxylic acid groups (broad SMARTS) is 2. The first-order valence-electron chi connectivity index (χ1n) is 11.8. The maximum Gasteiger partial charge on any atom is 0.324 e. The van der Waals surface area contributed by atoms with Gasteiger partial charge in [-0.05, 0) is 42.4 Å². The van der Waals surface area contributed by atoms with Gasteiger partial charge in [0, 0.05) is 0 Å². The first kappa shape index (κ1) is 26.2. The second-order valence-corrected chi connectivity index (χ2v) is 10.8. The number of hydrogen-bond donors (Lipinski definition) is 3. The van der Waals surface area contributed by atoms with Crippen molar-refractivity contribution in [1.82, 2.24) is 5.32 Å². The van der Waals surface area contributed by atoms with Crippen LogP contribution in [-0.2, 0) is 15.1 Å². The molecule has 0 radical (unpaired) electrons. The molecule has 0 saturated heterocycles. The van der Waals surface area contributed by atoms with Crippen LogP contribution in [0.15, 0.2) is 91.0 Å². The number of nitrogens with one attached hydrogen (secondary N) is 1. The van der Waals surface area contributed by atoms with Crippen molar-refractivity contribution in [1.29, 1.82) is 0 Å². The van der Waals surface area contributed by atoms with Crippen LogP contribution in [0.3, 0.4) is 0 Å². The van der Waals surface area contributed by atoms with Crippen molar-refractivity contribution in [3.63, 3.8) is 0 Å². The molecule has 0 aromatic heterocycles. The van der Waals surface area contributed by atoms with Crippen LogP contribution >= 0.6 is 0 Å². The topological polar surface area (TPSA) is 86.6 Å². The van der Waals surface area contributed by atoms with Gasteiger partial charge in [-0.1, -0.05) is 112 Å². The molecule has 184 valence electrons. The monoisotopic (exact) mass is 473 g/mol. The first-order chi connectivity index (χ1) is 16.4. The van der Waals surface area contributed by atoms with E-state index in [0.29, 0.717) is 0 Å². The summed E-state index contributed by atoms with van der Waals surface area (Å²) in [5.74, 6) is -2.13. The zero-order valence-corrected chi connectivity index (χ0v) is 21.1. The molecule has 5 heteroatoms. The molecule has 0 bridgehead atoms. The average Bonchev–Trinajstić information content (AvgIpc) is 2.82. The Kier molecular flexibility index (Phi) is 7.23. The van der Waals surface area contributed by atoms with Crippen LogP contribution in [0, 0.1) is 10.8 Å². The third-order valence-electron chi connectivity index (χ3n) is 6.95. The Morgan fingerprint density at radius 1 is 0.629 bits per heavy atom. The van der Waals surface area contributed by atoms with Gasteiger partial charge in [0.15, 0.2) is 0 Å². The van der Waals surface area contributed by atoms with Gasteiger partial charge in [-0.2, -0.15) is 0 Å². The molecule has 1 atom stereocenters. The lowest BCUT2D eigenvalue weighted by Crippen LogP contribution is -2.68. The van der Waals surface area contributed by atoms with E-state index in [9.17, 15) is 19.8 Å². The summed E-state index contributed by atoms with van der Waals surface area (Å²) in [5, 5.41) is 24.5. The van der Waals surface area contributed by atoms with Crippen molar-refractivity contribution in [3.05, 3.63) is 108 Å². The number of carbonyl (C=O) groups is 2. The predicted octanol–water partition coefficient (Wildman–Crippen LogP) is 5.94. The fraction of sp³-hybridized carbons (Fsp3) is 0.333. The normalized spacial score (nSPS) is 14.2. The van der Waals surface area contributed by atoms with Crippen molar-refractivity contribution in [2.75, 3.05) is 0 Å². The molecule has 5 nitrogen and oxygen atoms in total. The van der Waals surface area contributed by atoms with E-state index in [1.165, 1.54) is 0 Å².